The van der Waals surface area contributed by atoms with Crippen molar-refractivity contribution in [1.82, 2.24) is 0 Å². The third-order valence-corrected chi connectivity index (χ3v) is 3.04. The Labute approximate surface area is 71.2 Å². The third kappa shape index (κ3) is 2.11. The lowest BCUT2D eigenvalue weighted by Crippen LogP contribution is -2.17. The van der Waals surface area contributed by atoms with E-state index in [0.29, 0.717) is 0 Å². The minimum absolute atomic E-state index is 0.877. The first kappa shape index (κ1) is 8.90. The van der Waals surface area contributed by atoms with Crippen LogP contribution in [0.15, 0.2) is 12.7 Å². The molecular weight excluding hydrogens is 131 g/mol. The van der Waals surface area contributed by atoms with Crippen LogP contribution in [0.2, 0.25) is 18.5 Å². The first-order valence-corrected chi connectivity index (χ1v) is 4.86. The molecule has 0 aromatic carbocycles. The molecule has 0 N–H and O–H groups in total. The van der Waals surface area contributed by atoms with E-state index in [1.807, 2.05) is 0 Å². The molecule has 0 radical (unpaired) electrons. The third-order valence-electron chi connectivity index (χ3n) is 3.04. The van der Waals surface area contributed by atoms with E-state index in [2.05, 4.69) is 26.5 Å². The summed E-state index contributed by atoms with van der Waals surface area (Å²) in [4.78, 5) is 0. The van der Waals surface area contributed by atoms with Gasteiger partial charge in [0.1, 0.15) is 6.71 Å². The fourth-order valence-electron chi connectivity index (χ4n) is 2.45. The molecule has 62 valence electrons. The number of rotatable bonds is 3. The van der Waals surface area contributed by atoms with Crippen LogP contribution in [-0.4, -0.2) is 6.71 Å². The summed E-state index contributed by atoms with van der Waals surface area (Å²) in [5.41, 5.74) is 0. The van der Waals surface area contributed by atoms with Crippen molar-refractivity contribution in [2.45, 2.75) is 45.1 Å². The molecule has 0 unspecified atom stereocenters. The Bertz CT molecular complexity index is 129. The topological polar surface area (TPSA) is 0 Å². The van der Waals surface area contributed by atoms with Gasteiger partial charge < -0.3 is 0 Å². The van der Waals surface area contributed by atoms with Gasteiger partial charge in [0.05, 0.1) is 0 Å². The lowest BCUT2D eigenvalue weighted by Gasteiger charge is -2.19. The highest BCUT2D eigenvalue weighted by atomic mass is 14.2. The lowest BCUT2D eigenvalue weighted by atomic mass is 9.38. The molecule has 1 atom stereocenters. The fourth-order valence-corrected chi connectivity index (χ4v) is 2.45. The highest BCUT2D eigenvalue weighted by Gasteiger charge is 2.30. The van der Waals surface area contributed by atoms with Gasteiger partial charge in [-0.25, -0.2) is 0 Å². The Hall–Kier alpha value is -0.195. The summed E-state index contributed by atoms with van der Waals surface area (Å²) in [7, 11) is 0. The number of hydrogen-bond donors (Lipinski definition) is 0. The van der Waals surface area contributed by atoms with Gasteiger partial charge in [-0.15, -0.1) is 6.58 Å². The Morgan fingerprint density at radius 1 is 1.64 bits per heavy atom. The van der Waals surface area contributed by atoms with Gasteiger partial charge in [0.2, 0.25) is 0 Å². The van der Waals surface area contributed by atoms with Crippen LogP contribution in [0.3, 0.4) is 0 Å². The summed E-state index contributed by atoms with van der Waals surface area (Å²) in [6, 6.07) is 0. The van der Waals surface area contributed by atoms with Crippen LogP contribution in [-0.2, 0) is 0 Å². The molecule has 1 heterocycles. The van der Waals surface area contributed by atoms with Crippen molar-refractivity contribution in [3.05, 3.63) is 12.7 Å². The summed E-state index contributed by atoms with van der Waals surface area (Å²) >= 11 is 0. The van der Waals surface area contributed by atoms with E-state index >= 15 is 0 Å². The highest BCUT2D eigenvalue weighted by Crippen LogP contribution is 2.38. The normalized spacial score (nSPS) is 24.6. The van der Waals surface area contributed by atoms with Crippen LogP contribution in [0.4, 0.5) is 0 Å². The van der Waals surface area contributed by atoms with Gasteiger partial charge in [-0.05, 0) is 0 Å². The fraction of sp³-hybridized carbons (Fsp3) is 0.800. The molecule has 0 nitrogen and oxygen atoms in total. The zero-order valence-corrected chi connectivity index (χ0v) is 7.84. The molecule has 0 spiro atoms. The van der Waals surface area contributed by atoms with Gasteiger partial charge >= 0.3 is 0 Å². The van der Waals surface area contributed by atoms with Crippen LogP contribution in [0, 0.1) is 5.92 Å². The van der Waals surface area contributed by atoms with E-state index in [0.717, 1.165) is 18.4 Å². The van der Waals surface area contributed by atoms with Gasteiger partial charge in [-0.1, -0.05) is 57.1 Å². The van der Waals surface area contributed by atoms with Crippen molar-refractivity contribution in [3.63, 3.8) is 0 Å². The monoisotopic (exact) mass is 150 g/mol. The molecule has 1 saturated heterocycles. The summed E-state index contributed by atoms with van der Waals surface area (Å²) in [5.74, 6) is 1.86. The maximum absolute atomic E-state index is 3.82. The van der Waals surface area contributed by atoms with Crippen molar-refractivity contribution in [2.75, 3.05) is 0 Å². The first-order valence-electron chi connectivity index (χ1n) is 4.86. The van der Waals surface area contributed by atoms with E-state index in [-0.39, 0.29) is 0 Å². The van der Waals surface area contributed by atoms with E-state index in [1.54, 1.807) is 0 Å². The smallest absolute Gasteiger partial charge is 0.104 e. The molecular formula is C10H19B. The Morgan fingerprint density at radius 2 is 2.36 bits per heavy atom. The molecule has 0 amide bonds. The highest BCUT2D eigenvalue weighted by molar-refractivity contribution is 6.61. The molecule has 1 rings (SSSR count). The maximum atomic E-state index is 3.82. The van der Waals surface area contributed by atoms with E-state index < -0.39 is 0 Å². The van der Waals surface area contributed by atoms with Crippen molar-refractivity contribution >= 4 is 6.71 Å². The zero-order valence-electron chi connectivity index (χ0n) is 7.84. The standard InChI is InChI=1S/C10H19B/c1-4-7-11-8-5-6-10(11)9(2)3/h4,9-10H,1,5-8H2,2-3H3/t10-/m0/s1. The molecule has 1 aliphatic heterocycles. The molecule has 11 heavy (non-hydrogen) atoms. The Kier molecular flexibility index (Phi) is 3.23. The Balaban J connectivity index is 2.43. The van der Waals surface area contributed by atoms with Crippen LogP contribution in [0.5, 0.6) is 0 Å². The van der Waals surface area contributed by atoms with Crippen molar-refractivity contribution in [2.24, 2.45) is 5.92 Å². The van der Waals surface area contributed by atoms with Crippen molar-refractivity contribution in [1.29, 1.82) is 0 Å². The van der Waals surface area contributed by atoms with E-state index in [9.17, 15) is 0 Å². The minimum Gasteiger partial charge on any atom is -0.104 e. The summed E-state index contributed by atoms with van der Waals surface area (Å²) in [6.45, 7) is 9.48. The molecule has 0 bridgehead atoms. The Morgan fingerprint density at radius 3 is 2.91 bits per heavy atom. The number of allylic oxidation sites excluding steroid dienone is 1. The second-order valence-electron chi connectivity index (χ2n) is 4.12. The van der Waals surface area contributed by atoms with Crippen LogP contribution in [0.25, 0.3) is 0 Å². The minimum atomic E-state index is 0.877. The van der Waals surface area contributed by atoms with Crippen molar-refractivity contribution < 1.29 is 0 Å². The van der Waals surface area contributed by atoms with Gasteiger partial charge in [-0.3, -0.25) is 0 Å². The van der Waals surface area contributed by atoms with Crippen molar-refractivity contribution in [3.8, 4) is 0 Å². The molecule has 1 fully saturated rings. The summed E-state index contributed by atoms with van der Waals surface area (Å²) < 4.78 is 0. The molecule has 0 saturated carbocycles. The molecule has 0 aromatic rings. The second kappa shape index (κ2) is 3.99. The second-order valence-corrected chi connectivity index (χ2v) is 4.12. The average Bonchev–Trinajstić information content (AvgIpc) is 2.36. The van der Waals surface area contributed by atoms with Crippen LogP contribution in [0.1, 0.15) is 26.7 Å². The van der Waals surface area contributed by atoms with Gasteiger partial charge in [0.25, 0.3) is 0 Å². The predicted octanol–water partition coefficient (Wildman–Crippen LogP) is 3.49. The lowest BCUT2D eigenvalue weighted by molar-refractivity contribution is 0.565. The van der Waals surface area contributed by atoms with E-state index in [4.69, 9.17) is 0 Å². The maximum Gasteiger partial charge on any atom is 0.147 e. The van der Waals surface area contributed by atoms with Gasteiger partial charge in [0.15, 0.2) is 0 Å². The van der Waals surface area contributed by atoms with Crippen LogP contribution >= 0.6 is 0 Å². The average molecular weight is 150 g/mol. The molecule has 1 heteroatoms. The van der Waals surface area contributed by atoms with Crippen LogP contribution < -0.4 is 0 Å². The quantitative estimate of drug-likeness (QED) is 0.426. The summed E-state index contributed by atoms with van der Waals surface area (Å²) in [5, 5.41) is 0. The van der Waals surface area contributed by atoms with E-state index in [1.165, 1.54) is 25.5 Å². The van der Waals surface area contributed by atoms with Gasteiger partial charge in [0, 0.05) is 0 Å². The predicted molar refractivity (Wildman–Crippen MR) is 53.4 cm³/mol. The zero-order chi connectivity index (χ0) is 8.27. The molecule has 0 aliphatic carbocycles. The largest absolute Gasteiger partial charge is 0.147 e. The summed E-state index contributed by atoms with van der Waals surface area (Å²) in [6.07, 6.45) is 7.67. The first-order chi connectivity index (χ1) is 5.25. The SMILES string of the molecule is C=CCB1CCC[C@H]1C(C)C. The molecule has 0 aromatic heterocycles. The number of hydrogen-bond acceptors (Lipinski definition) is 0. The molecule has 1 aliphatic rings. The van der Waals surface area contributed by atoms with Gasteiger partial charge in [-0.2, -0.15) is 0 Å².